The van der Waals surface area contributed by atoms with E-state index in [-0.39, 0.29) is 17.4 Å². The summed E-state index contributed by atoms with van der Waals surface area (Å²) >= 11 is 0. The number of carbonyl (C=O) groups is 2. The minimum Gasteiger partial charge on any atom is -0.504 e. The van der Waals surface area contributed by atoms with E-state index in [9.17, 15) is 14.7 Å². The predicted octanol–water partition coefficient (Wildman–Crippen LogP) is 3.59. The second kappa shape index (κ2) is 8.01. The van der Waals surface area contributed by atoms with Crippen LogP contribution < -0.4 is 4.74 Å². The first kappa shape index (κ1) is 19.7. The predicted molar refractivity (Wildman–Crippen MR) is 110 cm³/mol. The number of carbonyl (C=O) groups excluding carboxylic acids is 2. The maximum Gasteiger partial charge on any atom is 0.232 e. The summed E-state index contributed by atoms with van der Waals surface area (Å²) in [6.07, 6.45) is 5.19. The number of phenols is 1. The van der Waals surface area contributed by atoms with Crippen LogP contribution in [0.3, 0.4) is 0 Å². The van der Waals surface area contributed by atoms with Crippen molar-refractivity contribution < 1.29 is 19.4 Å². The van der Waals surface area contributed by atoms with Crippen LogP contribution in [0, 0.1) is 5.92 Å². The molecule has 154 valence electrons. The van der Waals surface area contributed by atoms with Crippen LogP contribution in [0.1, 0.15) is 56.9 Å². The van der Waals surface area contributed by atoms with Crippen LogP contribution in [0.15, 0.2) is 34.5 Å². The molecule has 2 heterocycles. The lowest BCUT2D eigenvalue weighted by Crippen LogP contribution is -2.46. The van der Waals surface area contributed by atoms with Crippen LogP contribution in [0.4, 0.5) is 0 Å². The highest BCUT2D eigenvalue weighted by molar-refractivity contribution is 6.10. The number of aromatic hydroxyl groups is 1. The zero-order valence-electron chi connectivity index (χ0n) is 17.1. The average molecular weight is 396 g/mol. The van der Waals surface area contributed by atoms with Gasteiger partial charge in [-0.05, 0) is 56.7 Å². The molecule has 6 heteroatoms. The lowest BCUT2D eigenvalue weighted by Gasteiger charge is -2.38. The van der Waals surface area contributed by atoms with E-state index in [1.807, 2.05) is 17.9 Å². The molecular formula is C23H28N2O4. The van der Waals surface area contributed by atoms with E-state index < -0.39 is 11.8 Å². The first-order chi connectivity index (χ1) is 14.0. The Hall–Kier alpha value is -2.63. The molecular weight excluding hydrogens is 368 g/mol. The summed E-state index contributed by atoms with van der Waals surface area (Å²) in [5.74, 6) is -0.434. The van der Waals surface area contributed by atoms with Gasteiger partial charge in [0.05, 0.1) is 13.0 Å². The Kier molecular flexibility index (Phi) is 5.43. The van der Waals surface area contributed by atoms with Gasteiger partial charge < -0.3 is 14.7 Å². The summed E-state index contributed by atoms with van der Waals surface area (Å²) in [7, 11) is 1.50. The molecule has 6 nitrogen and oxygen atoms in total. The first-order valence-electron chi connectivity index (χ1n) is 10.5. The number of ether oxygens (including phenoxy) is 1. The van der Waals surface area contributed by atoms with E-state index in [0.717, 1.165) is 62.2 Å². The number of Topliss-reactive ketones (excluding diaryl/α,β-unsaturated/α-hetero) is 1. The Morgan fingerprint density at radius 3 is 2.62 bits per heavy atom. The van der Waals surface area contributed by atoms with E-state index in [4.69, 9.17) is 9.73 Å². The molecule has 1 amide bonds. The largest absolute Gasteiger partial charge is 0.504 e. The number of methoxy groups -OCH3 is 1. The molecule has 1 aromatic carbocycles. The number of hydrogen-bond donors (Lipinski definition) is 1. The van der Waals surface area contributed by atoms with E-state index >= 15 is 0 Å². The molecule has 0 saturated carbocycles. The number of rotatable bonds is 3. The molecule has 4 rings (SSSR count). The Bertz CT molecular complexity index is 896. The lowest BCUT2D eigenvalue weighted by molar-refractivity contribution is -0.134. The number of nitrogens with zero attached hydrogens (tertiary/aromatic N) is 2. The number of hydrogen-bond acceptors (Lipinski definition) is 5. The number of phenolic OH excluding ortho intramolecular Hbond substituents is 1. The Balaban J connectivity index is 1.81. The number of benzene rings is 1. The minimum absolute atomic E-state index is 0.0137. The van der Waals surface area contributed by atoms with Crippen molar-refractivity contribution in [2.75, 3.05) is 20.2 Å². The average Bonchev–Trinajstić information content (AvgIpc) is 2.73. The molecule has 0 radical (unpaired) electrons. The third kappa shape index (κ3) is 3.56. The van der Waals surface area contributed by atoms with Gasteiger partial charge in [-0.25, -0.2) is 0 Å². The van der Waals surface area contributed by atoms with E-state index in [1.165, 1.54) is 7.11 Å². The smallest absolute Gasteiger partial charge is 0.232 e. The SMILES string of the molecule is COc1ccc([C@H]2C3=C(CCCC3=O)N=C(C)C2C(=O)N2CCCCC2)cc1O. The summed E-state index contributed by atoms with van der Waals surface area (Å²) in [4.78, 5) is 33.1. The van der Waals surface area contributed by atoms with Crippen LogP contribution in [0.5, 0.6) is 11.5 Å². The molecule has 29 heavy (non-hydrogen) atoms. The molecule has 2 aliphatic heterocycles. The number of ketones is 1. The van der Waals surface area contributed by atoms with Crippen molar-refractivity contribution >= 4 is 17.4 Å². The van der Waals surface area contributed by atoms with E-state index in [2.05, 4.69) is 0 Å². The monoisotopic (exact) mass is 396 g/mol. The van der Waals surface area contributed by atoms with E-state index in [0.29, 0.717) is 17.7 Å². The quantitative estimate of drug-likeness (QED) is 0.847. The van der Waals surface area contributed by atoms with Crippen LogP contribution in [-0.4, -0.2) is 47.6 Å². The van der Waals surface area contributed by atoms with Gasteiger partial charge in [0.2, 0.25) is 5.91 Å². The molecule has 1 saturated heterocycles. The standard InChI is InChI=1S/C23H28N2O4/c1-14-20(23(28)25-11-4-3-5-12-25)21(15-9-10-19(29-2)18(27)13-15)22-16(24-14)7-6-8-17(22)26/h9-10,13,20-21,27H,3-8,11-12H2,1-2H3/t20?,21-/m1/s1. The number of allylic oxidation sites excluding steroid dienone is 2. The molecule has 3 aliphatic rings. The Labute approximate surface area is 171 Å². The van der Waals surface area contributed by atoms with Gasteiger partial charge in [-0.1, -0.05) is 6.07 Å². The molecule has 2 atom stereocenters. The highest BCUT2D eigenvalue weighted by atomic mass is 16.5. The Morgan fingerprint density at radius 1 is 1.17 bits per heavy atom. The molecule has 0 aromatic heterocycles. The fourth-order valence-corrected chi connectivity index (χ4v) is 4.90. The minimum atomic E-state index is -0.512. The van der Waals surface area contributed by atoms with E-state index in [1.54, 1.807) is 12.1 Å². The summed E-state index contributed by atoms with van der Waals surface area (Å²) in [6.45, 7) is 3.40. The lowest BCUT2D eigenvalue weighted by atomic mass is 9.71. The van der Waals surface area contributed by atoms with Gasteiger partial charge in [0.1, 0.15) is 0 Å². The van der Waals surface area contributed by atoms with Crippen LogP contribution >= 0.6 is 0 Å². The maximum absolute atomic E-state index is 13.6. The van der Waals surface area contributed by atoms with Crippen LogP contribution in [0.25, 0.3) is 0 Å². The molecule has 1 unspecified atom stereocenters. The summed E-state index contributed by atoms with van der Waals surface area (Å²) < 4.78 is 5.18. The van der Waals surface area contributed by atoms with Crippen molar-refractivity contribution in [3.63, 3.8) is 0 Å². The molecule has 1 aromatic rings. The number of piperidine rings is 1. The van der Waals surface area contributed by atoms with Gasteiger partial charge in [-0.15, -0.1) is 0 Å². The highest BCUT2D eigenvalue weighted by Crippen LogP contribution is 2.45. The Morgan fingerprint density at radius 2 is 1.93 bits per heavy atom. The normalized spacial score (nSPS) is 24.8. The molecule has 1 N–H and O–H groups in total. The zero-order chi connectivity index (χ0) is 20.5. The topological polar surface area (TPSA) is 79.2 Å². The van der Waals surface area contributed by atoms with Crippen molar-refractivity contribution in [2.24, 2.45) is 10.9 Å². The molecule has 0 spiro atoms. The fraction of sp³-hybridized carbons (Fsp3) is 0.522. The van der Waals surface area contributed by atoms with Crippen LogP contribution in [-0.2, 0) is 9.59 Å². The number of likely N-dealkylation sites (tertiary alicyclic amines) is 1. The van der Waals surface area contributed by atoms with Crippen molar-refractivity contribution in [2.45, 2.75) is 51.4 Å². The zero-order valence-corrected chi connectivity index (χ0v) is 17.1. The summed E-state index contributed by atoms with van der Waals surface area (Å²) in [5.41, 5.74) is 2.98. The third-order valence-corrected chi connectivity index (χ3v) is 6.33. The van der Waals surface area contributed by atoms with Crippen molar-refractivity contribution in [1.82, 2.24) is 4.90 Å². The van der Waals surface area contributed by atoms with Gasteiger partial charge in [0.15, 0.2) is 17.3 Å². The molecule has 1 fully saturated rings. The van der Waals surface area contributed by atoms with Gasteiger partial charge in [0.25, 0.3) is 0 Å². The van der Waals surface area contributed by atoms with Crippen molar-refractivity contribution in [1.29, 1.82) is 0 Å². The first-order valence-corrected chi connectivity index (χ1v) is 10.5. The van der Waals surface area contributed by atoms with Crippen LogP contribution in [0.2, 0.25) is 0 Å². The maximum atomic E-state index is 13.6. The van der Waals surface area contributed by atoms with Crippen molar-refractivity contribution in [3.05, 3.63) is 35.0 Å². The van der Waals surface area contributed by atoms with Gasteiger partial charge >= 0.3 is 0 Å². The summed E-state index contributed by atoms with van der Waals surface area (Å²) in [6, 6.07) is 5.18. The van der Waals surface area contributed by atoms with Gasteiger partial charge in [-0.3, -0.25) is 14.6 Å². The summed E-state index contributed by atoms with van der Waals surface area (Å²) in [5, 5.41) is 10.4. The molecule has 1 aliphatic carbocycles. The third-order valence-electron chi connectivity index (χ3n) is 6.33. The highest BCUT2D eigenvalue weighted by Gasteiger charge is 2.43. The fourth-order valence-electron chi connectivity index (χ4n) is 4.90. The number of amides is 1. The van der Waals surface area contributed by atoms with Crippen molar-refractivity contribution in [3.8, 4) is 11.5 Å². The molecule has 0 bridgehead atoms. The van der Waals surface area contributed by atoms with Gasteiger partial charge in [-0.2, -0.15) is 0 Å². The second-order valence-electron chi connectivity index (χ2n) is 8.16. The van der Waals surface area contributed by atoms with Gasteiger partial charge in [0, 0.05) is 42.4 Å². The second-order valence-corrected chi connectivity index (χ2v) is 8.16. The number of aliphatic imine (C=N–C) groups is 1.